The van der Waals surface area contributed by atoms with E-state index in [1.165, 1.54) is 0 Å². The van der Waals surface area contributed by atoms with Crippen LogP contribution in [0.4, 0.5) is 0 Å². The van der Waals surface area contributed by atoms with Gasteiger partial charge < -0.3 is 14.5 Å². The summed E-state index contributed by atoms with van der Waals surface area (Å²) in [6.45, 7) is 0.0284. The van der Waals surface area contributed by atoms with E-state index in [2.05, 4.69) is 10.3 Å². The lowest BCUT2D eigenvalue weighted by Crippen LogP contribution is -2.30. The minimum Gasteiger partial charge on any atom is -0.460 e. The van der Waals surface area contributed by atoms with E-state index in [0.717, 1.165) is 11.1 Å². The van der Waals surface area contributed by atoms with E-state index < -0.39 is 5.97 Å². The fraction of sp³-hybridized carbons (Fsp3) is 0.190. The maximum Gasteiger partial charge on any atom is 0.325 e. The molecule has 0 radical (unpaired) electrons. The molecule has 0 unspecified atom stereocenters. The highest BCUT2D eigenvalue weighted by Crippen LogP contribution is 2.20. The van der Waals surface area contributed by atoms with E-state index in [9.17, 15) is 9.59 Å². The van der Waals surface area contributed by atoms with Crippen molar-refractivity contribution in [3.05, 3.63) is 78.3 Å². The summed E-state index contributed by atoms with van der Waals surface area (Å²) in [6, 6.07) is 19.0. The van der Waals surface area contributed by atoms with Crippen LogP contribution in [0.15, 0.2) is 71.3 Å². The fourth-order valence-electron chi connectivity index (χ4n) is 2.43. The third-order valence-electron chi connectivity index (χ3n) is 3.85. The zero-order valence-electron chi connectivity index (χ0n) is 14.8. The maximum absolute atomic E-state index is 11.9. The SMILES string of the molecule is O=C(CCc1ncc(-c2ccccc2)o1)NCC(=O)OCc1ccccc1. The highest BCUT2D eigenvalue weighted by molar-refractivity contribution is 5.81. The van der Waals surface area contributed by atoms with Gasteiger partial charge in [0.25, 0.3) is 0 Å². The molecule has 0 spiro atoms. The molecule has 0 saturated carbocycles. The molecule has 0 bridgehead atoms. The molecule has 3 rings (SSSR count). The van der Waals surface area contributed by atoms with Crippen LogP contribution in [0, 0.1) is 0 Å². The molecular formula is C21H20N2O4. The second-order valence-electron chi connectivity index (χ2n) is 5.91. The molecule has 0 atom stereocenters. The van der Waals surface area contributed by atoms with E-state index in [4.69, 9.17) is 9.15 Å². The summed E-state index contributed by atoms with van der Waals surface area (Å²) < 4.78 is 10.8. The number of hydrogen-bond acceptors (Lipinski definition) is 5. The summed E-state index contributed by atoms with van der Waals surface area (Å²) in [6.07, 6.45) is 2.18. The van der Waals surface area contributed by atoms with Gasteiger partial charge in [-0.05, 0) is 5.56 Å². The number of aromatic nitrogens is 1. The summed E-state index contributed by atoms with van der Waals surface area (Å²) in [5.74, 6) is 0.409. The number of amides is 1. The van der Waals surface area contributed by atoms with Crippen molar-refractivity contribution in [2.24, 2.45) is 0 Å². The van der Waals surface area contributed by atoms with Crippen molar-refractivity contribution in [3.8, 4) is 11.3 Å². The summed E-state index contributed by atoms with van der Waals surface area (Å²) >= 11 is 0. The van der Waals surface area contributed by atoms with Crippen molar-refractivity contribution in [2.75, 3.05) is 6.54 Å². The first-order valence-electron chi connectivity index (χ1n) is 8.67. The van der Waals surface area contributed by atoms with Gasteiger partial charge in [-0.3, -0.25) is 9.59 Å². The highest BCUT2D eigenvalue weighted by atomic mass is 16.5. The topological polar surface area (TPSA) is 81.4 Å². The zero-order chi connectivity index (χ0) is 18.9. The minimum absolute atomic E-state index is 0.160. The molecule has 0 aliphatic carbocycles. The number of oxazole rings is 1. The smallest absolute Gasteiger partial charge is 0.325 e. The molecule has 1 amide bonds. The van der Waals surface area contributed by atoms with Crippen LogP contribution >= 0.6 is 0 Å². The molecule has 27 heavy (non-hydrogen) atoms. The summed E-state index contributed by atoms with van der Waals surface area (Å²) in [4.78, 5) is 27.8. The predicted octanol–water partition coefficient (Wildman–Crippen LogP) is 3.13. The van der Waals surface area contributed by atoms with E-state index in [-0.39, 0.29) is 25.5 Å². The van der Waals surface area contributed by atoms with Crippen LogP contribution in [0.3, 0.4) is 0 Å². The molecule has 3 aromatic rings. The maximum atomic E-state index is 11.9. The van der Waals surface area contributed by atoms with Crippen molar-refractivity contribution < 1.29 is 18.7 Å². The van der Waals surface area contributed by atoms with Gasteiger partial charge in [0.1, 0.15) is 13.2 Å². The molecular weight excluding hydrogens is 344 g/mol. The van der Waals surface area contributed by atoms with Crippen LogP contribution < -0.4 is 5.32 Å². The Hall–Kier alpha value is -3.41. The Morgan fingerprint density at radius 1 is 1.00 bits per heavy atom. The van der Waals surface area contributed by atoms with Gasteiger partial charge >= 0.3 is 5.97 Å². The molecule has 6 heteroatoms. The van der Waals surface area contributed by atoms with Crippen molar-refractivity contribution >= 4 is 11.9 Å². The van der Waals surface area contributed by atoms with Crippen LogP contribution in [-0.2, 0) is 27.4 Å². The van der Waals surface area contributed by atoms with Gasteiger partial charge in [0.2, 0.25) is 5.91 Å². The van der Waals surface area contributed by atoms with Gasteiger partial charge in [-0.2, -0.15) is 0 Å². The quantitative estimate of drug-likeness (QED) is 0.621. The lowest BCUT2D eigenvalue weighted by molar-refractivity contribution is -0.145. The predicted molar refractivity (Wildman–Crippen MR) is 99.5 cm³/mol. The average Bonchev–Trinajstić information content (AvgIpc) is 3.20. The monoisotopic (exact) mass is 364 g/mol. The van der Waals surface area contributed by atoms with Crippen molar-refractivity contribution in [3.63, 3.8) is 0 Å². The molecule has 0 aliphatic heterocycles. The molecule has 138 valence electrons. The van der Waals surface area contributed by atoms with Gasteiger partial charge in [0.15, 0.2) is 11.7 Å². The highest BCUT2D eigenvalue weighted by Gasteiger charge is 2.10. The number of benzene rings is 2. The average molecular weight is 364 g/mol. The number of aryl methyl sites for hydroxylation is 1. The van der Waals surface area contributed by atoms with E-state index in [1.807, 2.05) is 60.7 Å². The third kappa shape index (κ3) is 5.81. The third-order valence-corrected chi connectivity index (χ3v) is 3.85. The summed E-state index contributed by atoms with van der Waals surface area (Å²) in [5, 5.41) is 2.54. The molecule has 1 heterocycles. The van der Waals surface area contributed by atoms with E-state index in [1.54, 1.807) is 6.20 Å². The van der Waals surface area contributed by atoms with Crippen molar-refractivity contribution in [1.82, 2.24) is 10.3 Å². The van der Waals surface area contributed by atoms with Crippen LogP contribution in [0.2, 0.25) is 0 Å². The number of esters is 1. The van der Waals surface area contributed by atoms with Crippen molar-refractivity contribution in [1.29, 1.82) is 0 Å². The van der Waals surface area contributed by atoms with Crippen molar-refractivity contribution in [2.45, 2.75) is 19.4 Å². The minimum atomic E-state index is -0.477. The number of rotatable bonds is 8. The van der Waals surface area contributed by atoms with Gasteiger partial charge in [-0.1, -0.05) is 60.7 Å². The Balaban J connectivity index is 1.37. The Morgan fingerprint density at radius 2 is 1.70 bits per heavy atom. The first kappa shape index (κ1) is 18.4. The lowest BCUT2D eigenvalue weighted by atomic mass is 10.2. The Bertz CT molecular complexity index is 875. The first-order valence-corrected chi connectivity index (χ1v) is 8.67. The van der Waals surface area contributed by atoms with Crippen LogP contribution in [0.25, 0.3) is 11.3 Å². The largest absolute Gasteiger partial charge is 0.460 e. The van der Waals surface area contributed by atoms with E-state index in [0.29, 0.717) is 18.1 Å². The van der Waals surface area contributed by atoms with Gasteiger partial charge in [0, 0.05) is 18.4 Å². The number of ether oxygens (including phenoxy) is 1. The number of nitrogens with zero attached hydrogens (tertiary/aromatic N) is 1. The summed E-state index contributed by atoms with van der Waals surface area (Å²) in [7, 11) is 0. The van der Waals surface area contributed by atoms with E-state index >= 15 is 0 Å². The molecule has 1 aromatic heterocycles. The lowest BCUT2D eigenvalue weighted by Gasteiger charge is -2.06. The first-order chi connectivity index (χ1) is 13.2. The molecule has 0 aliphatic rings. The van der Waals surface area contributed by atoms with Crippen LogP contribution in [-0.4, -0.2) is 23.4 Å². The number of carbonyl (C=O) groups excluding carboxylic acids is 2. The Kier molecular flexibility index (Phi) is 6.35. The van der Waals surface area contributed by atoms with Gasteiger partial charge in [0.05, 0.1) is 6.20 Å². The molecule has 2 aromatic carbocycles. The van der Waals surface area contributed by atoms with Crippen LogP contribution in [0.5, 0.6) is 0 Å². The second kappa shape index (κ2) is 9.33. The standard InChI is InChI=1S/C21H20N2O4/c24-19(22-14-21(25)26-15-16-7-3-1-4-8-16)11-12-20-23-13-18(27-20)17-9-5-2-6-10-17/h1-10,13H,11-12,14-15H2,(H,22,24). The number of hydrogen-bond donors (Lipinski definition) is 1. The second-order valence-corrected chi connectivity index (χ2v) is 5.91. The summed E-state index contributed by atoms with van der Waals surface area (Å²) in [5.41, 5.74) is 1.83. The zero-order valence-corrected chi connectivity index (χ0v) is 14.8. The van der Waals surface area contributed by atoms with Crippen LogP contribution in [0.1, 0.15) is 17.9 Å². The fourth-order valence-corrected chi connectivity index (χ4v) is 2.43. The number of nitrogens with one attached hydrogen (secondary N) is 1. The Labute approximate surface area is 157 Å². The molecule has 1 N–H and O–H groups in total. The number of carbonyl (C=O) groups is 2. The molecule has 0 saturated heterocycles. The normalized spacial score (nSPS) is 10.4. The molecule has 0 fully saturated rings. The molecule has 6 nitrogen and oxygen atoms in total. The Morgan fingerprint density at radius 3 is 2.44 bits per heavy atom. The van der Waals surface area contributed by atoms with Gasteiger partial charge in [-0.15, -0.1) is 0 Å². The van der Waals surface area contributed by atoms with Gasteiger partial charge in [-0.25, -0.2) is 4.98 Å².